The first kappa shape index (κ1) is 15.9. The van der Waals surface area contributed by atoms with Gasteiger partial charge in [-0.3, -0.25) is 19.9 Å². The molecule has 0 atom stereocenters. The molecule has 0 spiro atoms. The fourth-order valence-electron chi connectivity index (χ4n) is 1.99. The van der Waals surface area contributed by atoms with Crippen molar-refractivity contribution in [1.29, 1.82) is 0 Å². The third kappa shape index (κ3) is 2.37. The molecule has 0 fully saturated rings. The standard InChI is InChI=1S/C11H7ClN6O5S/c12-6-2-1-5(3-7(6)18(20)21)24(22,23)17-4-14-8-9(17)15-11(13)16-10(8)19/h1-4H,(H3,13,15,16,19). The Morgan fingerprint density at radius 2 is 2.08 bits per heavy atom. The Kier molecular flexibility index (Phi) is 3.50. The van der Waals surface area contributed by atoms with Crippen molar-refractivity contribution >= 4 is 44.4 Å². The quantitative estimate of drug-likeness (QED) is 0.496. The summed E-state index contributed by atoms with van der Waals surface area (Å²) in [6.07, 6.45) is 0.863. The number of nitro groups is 1. The van der Waals surface area contributed by atoms with E-state index in [1.54, 1.807) is 0 Å². The van der Waals surface area contributed by atoms with E-state index in [2.05, 4.69) is 15.0 Å². The monoisotopic (exact) mass is 370 g/mol. The number of rotatable bonds is 3. The van der Waals surface area contributed by atoms with Crippen molar-refractivity contribution in [2.45, 2.75) is 4.90 Å². The maximum Gasteiger partial charge on any atom is 0.289 e. The fraction of sp³-hybridized carbons (Fsp3) is 0. The van der Waals surface area contributed by atoms with E-state index in [0.717, 1.165) is 24.5 Å². The average Bonchev–Trinajstić information content (AvgIpc) is 2.91. The van der Waals surface area contributed by atoms with Crippen LogP contribution in [0.15, 0.2) is 34.2 Å². The minimum Gasteiger partial charge on any atom is -0.369 e. The Bertz CT molecular complexity index is 1150. The van der Waals surface area contributed by atoms with Gasteiger partial charge in [-0.25, -0.2) is 17.4 Å². The number of benzene rings is 1. The number of nitrogens with two attached hydrogens (primary N) is 1. The number of aromatic amines is 1. The molecule has 0 radical (unpaired) electrons. The number of anilines is 1. The largest absolute Gasteiger partial charge is 0.369 e. The fourth-order valence-corrected chi connectivity index (χ4v) is 3.43. The predicted octanol–water partition coefficient (Wildman–Crippen LogP) is 0.500. The normalized spacial score (nSPS) is 11.7. The molecule has 0 aliphatic heterocycles. The molecule has 3 rings (SSSR count). The molecule has 124 valence electrons. The number of nitrogens with zero attached hydrogens (tertiary/aromatic N) is 4. The van der Waals surface area contributed by atoms with Crippen LogP contribution in [0.2, 0.25) is 5.02 Å². The summed E-state index contributed by atoms with van der Waals surface area (Å²) in [5.41, 5.74) is 3.58. The van der Waals surface area contributed by atoms with Crippen LogP contribution in [0.4, 0.5) is 11.6 Å². The highest BCUT2D eigenvalue weighted by Crippen LogP contribution is 2.28. The van der Waals surface area contributed by atoms with Gasteiger partial charge in [-0.1, -0.05) is 11.6 Å². The van der Waals surface area contributed by atoms with Gasteiger partial charge in [0.1, 0.15) is 11.3 Å². The van der Waals surface area contributed by atoms with Crippen molar-refractivity contribution in [2.75, 3.05) is 5.73 Å². The van der Waals surface area contributed by atoms with Gasteiger partial charge in [-0.2, -0.15) is 4.98 Å². The number of fused-ring (bicyclic) bond motifs is 1. The van der Waals surface area contributed by atoms with Crippen LogP contribution in [0.25, 0.3) is 11.2 Å². The molecular formula is C11H7ClN6O5S. The lowest BCUT2D eigenvalue weighted by Crippen LogP contribution is -2.16. The smallest absolute Gasteiger partial charge is 0.289 e. The van der Waals surface area contributed by atoms with E-state index in [9.17, 15) is 23.3 Å². The molecule has 11 nitrogen and oxygen atoms in total. The molecule has 0 aliphatic rings. The topological polar surface area (TPSA) is 167 Å². The van der Waals surface area contributed by atoms with E-state index >= 15 is 0 Å². The highest BCUT2D eigenvalue weighted by atomic mass is 35.5. The van der Waals surface area contributed by atoms with Crippen LogP contribution in [0, 0.1) is 10.1 Å². The maximum absolute atomic E-state index is 12.7. The van der Waals surface area contributed by atoms with E-state index in [1.807, 2.05) is 0 Å². The van der Waals surface area contributed by atoms with Crippen LogP contribution < -0.4 is 11.3 Å². The number of hydrogen-bond acceptors (Lipinski definition) is 8. The Balaban J connectivity index is 2.28. The second-order valence-corrected chi connectivity index (χ2v) is 6.76. The van der Waals surface area contributed by atoms with Crippen LogP contribution in [-0.4, -0.2) is 32.3 Å². The van der Waals surface area contributed by atoms with Crippen molar-refractivity contribution in [2.24, 2.45) is 0 Å². The van der Waals surface area contributed by atoms with Gasteiger partial charge >= 0.3 is 0 Å². The van der Waals surface area contributed by atoms with Gasteiger partial charge in [-0.05, 0) is 12.1 Å². The lowest BCUT2D eigenvalue weighted by atomic mass is 10.3. The Morgan fingerprint density at radius 1 is 1.38 bits per heavy atom. The number of aromatic nitrogens is 4. The van der Waals surface area contributed by atoms with Crippen molar-refractivity contribution in [3.63, 3.8) is 0 Å². The molecule has 3 N–H and O–H groups in total. The minimum absolute atomic E-state index is 0.215. The third-order valence-corrected chi connectivity index (χ3v) is 5.02. The van der Waals surface area contributed by atoms with E-state index in [1.165, 1.54) is 0 Å². The van der Waals surface area contributed by atoms with Crippen molar-refractivity contribution in [1.82, 2.24) is 18.9 Å². The molecule has 1 aromatic carbocycles. The van der Waals surface area contributed by atoms with Gasteiger partial charge in [0.2, 0.25) is 5.95 Å². The molecule has 24 heavy (non-hydrogen) atoms. The predicted molar refractivity (Wildman–Crippen MR) is 83.3 cm³/mol. The van der Waals surface area contributed by atoms with Gasteiger partial charge in [0, 0.05) is 6.07 Å². The molecule has 0 saturated heterocycles. The first-order valence-corrected chi connectivity index (χ1v) is 7.96. The lowest BCUT2D eigenvalue weighted by Gasteiger charge is -2.06. The first-order valence-electron chi connectivity index (χ1n) is 6.14. The molecule has 2 aromatic heterocycles. The summed E-state index contributed by atoms with van der Waals surface area (Å²) < 4.78 is 26.0. The molecule has 2 heterocycles. The van der Waals surface area contributed by atoms with Crippen molar-refractivity contribution in [3.05, 3.63) is 50.0 Å². The highest BCUT2D eigenvalue weighted by molar-refractivity contribution is 7.90. The number of halogens is 1. The van der Waals surface area contributed by atoms with Crippen molar-refractivity contribution in [3.8, 4) is 0 Å². The van der Waals surface area contributed by atoms with Gasteiger partial charge < -0.3 is 5.73 Å². The summed E-state index contributed by atoms with van der Waals surface area (Å²) in [5.74, 6) is -0.300. The van der Waals surface area contributed by atoms with Gasteiger partial charge in [0.05, 0.1) is 9.82 Å². The van der Waals surface area contributed by atoms with Crippen LogP contribution in [0.1, 0.15) is 0 Å². The molecule has 0 aliphatic carbocycles. The molecule has 0 unspecified atom stereocenters. The van der Waals surface area contributed by atoms with Gasteiger partial charge in [-0.15, -0.1) is 0 Å². The summed E-state index contributed by atoms with van der Waals surface area (Å²) in [6, 6.07) is 2.98. The number of nitrogens with one attached hydrogen (secondary N) is 1. The maximum atomic E-state index is 12.7. The van der Waals surface area contributed by atoms with Crippen LogP contribution >= 0.6 is 11.6 Å². The molecular weight excluding hydrogens is 364 g/mol. The highest BCUT2D eigenvalue weighted by Gasteiger charge is 2.25. The van der Waals surface area contributed by atoms with Crippen LogP contribution in [0.3, 0.4) is 0 Å². The Labute approximate surface area is 137 Å². The number of H-pyrrole nitrogens is 1. The van der Waals surface area contributed by atoms with E-state index < -0.39 is 31.1 Å². The van der Waals surface area contributed by atoms with Gasteiger partial charge in [0.15, 0.2) is 11.2 Å². The first-order chi connectivity index (χ1) is 11.2. The van der Waals surface area contributed by atoms with Crippen molar-refractivity contribution < 1.29 is 13.3 Å². The second kappa shape index (κ2) is 5.28. The second-order valence-electron chi connectivity index (χ2n) is 4.54. The Hall–Kier alpha value is -2.99. The molecule has 13 heteroatoms. The number of imidazole rings is 1. The lowest BCUT2D eigenvalue weighted by molar-refractivity contribution is -0.384. The SMILES string of the molecule is Nc1nc2c(ncn2S(=O)(=O)c2ccc(Cl)c([N+](=O)[O-])c2)c(=O)[nH]1. The minimum atomic E-state index is -4.31. The number of hydrogen-bond donors (Lipinski definition) is 2. The van der Waals surface area contributed by atoms with Gasteiger partial charge in [0.25, 0.3) is 21.3 Å². The average molecular weight is 371 g/mol. The molecule has 0 amide bonds. The van der Waals surface area contributed by atoms with E-state index in [0.29, 0.717) is 3.97 Å². The summed E-state index contributed by atoms with van der Waals surface area (Å²) in [5, 5.41) is 10.7. The molecule has 3 aromatic rings. The third-order valence-electron chi connectivity index (χ3n) is 3.07. The zero-order valence-electron chi connectivity index (χ0n) is 11.5. The summed E-state index contributed by atoms with van der Waals surface area (Å²) in [6.45, 7) is 0. The zero-order valence-corrected chi connectivity index (χ0v) is 13.1. The number of nitrogen functional groups attached to an aromatic ring is 1. The summed E-state index contributed by atoms with van der Waals surface area (Å²) >= 11 is 5.67. The molecule has 0 saturated carbocycles. The summed E-state index contributed by atoms with van der Waals surface area (Å²) in [7, 11) is -4.31. The summed E-state index contributed by atoms with van der Waals surface area (Å²) in [4.78, 5) is 31.0. The molecule has 0 bridgehead atoms. The van der Waals surface area contributed by atoms with Crippen LogP contribution in [-0.2, 0) is 10.0 Å². The zero-order chi connectivity index (χ0) is 17.6. The Morgan fingerprint density at radius 3 is 2.75 bits per heavy atom. The number of nitro benzene ring substituents is 1. The van der Waals surface area contributed by atoms with E-state index in [-0.39, 0.29) is 22.1 Å². The van der Waals surface area contributed by atoms with E-state index in [4.69, 9.17) is 17.3 Å². The van der Waals surface area contributed by atoms with Crippen LogP contribution in [0.5, 0.6) is 0 Å².